The van der Waals surface area contributed by atoms with Crippen LogP contribution in [0, 0.1) is 0 Å². The number of nitrogens with one attached hydrogen (secondary N) is 2. The van der Waals surface area contributed by atoms with Crippen LogP contribution < -0.4 is 10.6 Å². The number of alkyl halides is 3. The number of carbonyl (C=O) groups is 1. The standard InChI is InChI=1S/C15H27F3N2O3/c1-14(2,3)23-13(21)20-11(8-15(16,17)18)9-19-10-12-6-4-5-7-22-12/h11-12,19H,4-10H2,1-3H3,(H,20,21). The quantitative estimate of drug-likeness (QED) is 0.780. The van der Waals surface area contributed by atoms with Crippen LogP contribution in [0.1, 0.15) is 46.5 Å². The van der Waals surface area contributed by atoms with Gasteiger partial charge in [-0.3, -0.25) is 0 Å². The fourth-order valence-electron chi connectivity index (χ4n) is 2.31. The largest absolute Gasteiger partial charge is 0.444 e. The van der Waals surface area contributed by atoms with Crippen LogP contribution in [0.4, 0.5) is 18.0 Å². The van der Waals surface area contributed by atoms with Gasteiger partial charge in [-0.15, -0.1) is 0 Å². The van der Waals surface area contributed by atoms with E-state index in [1.165, 1.54) is 0 Å². The van der Waals surface area contributed by atoms with Crippen molar-refractivity contribution in [1.29, 1.82) is 0 Å². The molecule has 23 heavy (non-hydrogen) atoms. The molecule has 0 bridgehead atoms. The van der Waals surface area contributed by atoms with E-state index < -0.39 is 30.3 Å². The molecule has 1 aliphatic rings. The van der Waals surface area contributed by atoms with E-state index in [0.29, 0.717) is 13.2 Å². The molecule has 1 fully saturated rings. The van der Waals surface area contributed by atoms with Crippen molar-refractivity contribution in [2.24, 2.45) is 0 Å². The Bertz CT molecular complexity index is 364. The summed E-state index contributed by atoms with van der Waals surface area (Å²) in [5, 5.41) is 5.23. The second-order valence-electron chi connectivity index (χ2n) is 6.81. The van der Waals surface area contributed by atoms with Crippen LogP contribution >= 0.6 is 0 Å². The second kappa shape index (κ2) is 8.73. The molecule has 136 valence electrons. The maximum atomic E-state index is 12.6. The molecule has 2 N–H and O–H groups in total. The Balaban J connectivity index is 2.43. The molecule has 2 unspecified atom stereocenters. The number of hydrogen-bond acceptors (Lipinski definition) is 4. The molecule has 2 atom stereocenters. The summed E-state index contributed by atoms with van der Waals surface area (Å²) in [5.41, 5.74) is -0.754. The van der Waals surface area contributed by atoms with Crippen LogP contribution in [0.25, 0.3) is 0 Å². The molecule has 1 heterocycles. The van der Waals surface area contributed by atoms with Gasteiger partial charge < -0.3 is 20.1 Å². The Labute approximate surface area is 135 Å². The van der Waals surface area contributed by atoms with Crippen molar-refractivity contribution >= 4 is 6.09 Å². The maximum Gasteiger partial charge on any atom is 0.407 e. The molecule has 8 heteroatoms. The molecular weight excluding hydrogens is 313 g/mol. The second-order valence-corrected chi connectivity index (χ2v) is 6.81. The van der Waals surface area contributed by atoms with Crippen molar-refractivity contribution in [1.82, 2.24) is 10.6 Å². The molecule has 0 saturated carbocycles. The van der Waals surface area contributed by atoms with Crippen molar-refractivity contribution in [3.05, 3.63) is 0 Å². The average Bonchev–Trinajstić information content (AvgIpc) is 2.35. The van der Waals surface area contributed by atoms with E-state index in [4.69, 9.17) is 9.47 Å². The van der Waals surface area contributed by atoms with Crippen LogP contribution in [-0.4, -0.2) is 49.7 Å². The number of halogens is 3. The van der Waals surface area contributed by atoms with Crippen molar-refractivity contribution in [2.75, 3.05) is 19.7 Å². The van der Waals surface area contributed by atoms with Gasteiger partial charge in [-0.25, -0.2) is 4.79 Å². The molecule has 0 aliphatic carbocycles. The summed E-state index contributed by atoms with van der Waals surface area (Å²) in [6.45, 7) is 6.15. The fourth-order valence-corrected chi connectivity index (χ4v) is 2.31. The Morgan fingerprint density at radius 3 is 2.52 bits per heavy atom. The first kappa shape index (κ1) is 20.0. The van der Waals surface area contributed by atoms with Gasteiger partial charge in [0, 0.05) is 19.7 Å². The number of rotatable bonds is 6. The number of hydrogen-bond donors (Lipinski definition) is 2. The first-order chi connectivity index (χ1) is 10.6. The van der Waals surface area contributed by atoms with Gasteiger partial charge in [0.05, 0.1) is 18.6 Å². The topological polar surface area (TPSA) is 59.6 Å². The number of alkyl carbamates (subject to hydrolysis) is 1. The molecule has 0 aromatic heterocycles. The zero-order chi connectivity index (χ0) is 17.5. The molecule has 1 saturated heterocycles. The minimum atomic E-state index is -4.36. The van der Waals surface area contributed by atoms with Crippen molar-refractivity contribution in [3.63, 3.8) is 0 Å². The highest BCUT2D eigenvalue weighted by Crippen LogP contribution is 2.21. The van der Waals surface area contributed by atoms with Gasteiger partial charge in [0.2, 0.25) is 0 Å². The third-order valence-corrected chi connectivity index (χ3v) is 3.24. The van der Waals surface area contributed by atoms with E-state index in [2.05, 4.69) is 10.6 Å². The monoisotopic (exact) mass is 340 g/mol. The van der Waals surface area contributed by atoms with Gasteiger partial charge in [0.25, 0.3) is 0 Å². The van der Waals surface area contributed by atoms with Gasteiger partial charge in [0.1, 0.15) is 5.60 Å². The Morgan fingerprint density at radius 1 is 1.30 bits per heavy atom. The van der Waals surface area contributed by atoms with Crippen LogP contribution in [-0.2, 0) is 9.47 Å². The van der Waals surface area contributed by atoms with Crippen molar-refractivity contribution in [2.45, 2.75) is 70.4 Å². The highest BCUT2D eigenvalue weighted by molar-refractivity contribution is 5.68. The smallest absolute Gasteiger partial charge is 0.407 e. The minimum absolute atomic E-state index is 0.0125. The predicted octanol–water partition coefficient (Wildman–Crippen LogP) is 2.99. The summed E-state index contributed by atoms with van der Waals surface area (Å²) in [4.78, 5) is 11.7. The van der Waals surface area contributed by atoms with E-state index >= 15 is 0 Å². The number of carbonyl (C=O) groups excluding carboxylic acids is 1. The van der Waals surface area contributed by atoms with Crippen LogP contribution in [0.5, 0.6) is 0 Å². The summed E-state index contributed by atoms with van der Waals surface area (Å²) < 4.78 is 48.4. The van der Waals surface area contributed by atoms with Crippen molar-refractivity contribution in [3.8, 4) is 0 Å². The zero-order valence-corrected chi connectivity index (χ0v) is 14.0. The lowest BCUT2D eigenvalue weighted by Gasteiger charge is -2.26. The maximum absolute atomic E-state index is 12.6. The summed E-state index contributed by atoms with van der Waals surface area (Å²) in [7, 11) is 0. The van der Waals surface area contributed by atoms with E-state index in [9.17, 15) is 18.0 Å². The third-order valence-electron chi connectivity index (χ3n) is 3.24. The predicted molar refractivity (Wildman–Crippen MR) is 80.3 cm³/mol. The molecule has 1 rings (SSSR count). The Morgan fingerprint density at radius 2 is 2.00 bits per heavy atom. The van der Waals surface area contributed by atoms with Gasteiger partial charge in [0.15, 0.2) is 0 Å². The summed E-state index contributed by atoms with van der Waals surface area (Å²) in [6, 6.07) is -1.08. The number of ether oxygens (including phenoxy) is 2. The van der Waals surface area contributed by atoms with Crippen LogP contribution in [0.3, 0.4) is 0 Å². The first-order valence-electron chi connectivity index (χ1n) is 7.94. The molecule has 0 spiro atoms. The van der Waals surface area contributed by atoms with Crippen molar-refractivity contribution < 1.29 is 27.4 Å². The van der Waals surface area contributed by atoms with Gasteiger partial charge in [-0.1, -0.05) is 0 Å². The zero-order valence-electron chi connectivity index (χ0n) is 14.0. The lowest BCUT2D eigenvalue weighted by atomic mass is 10.1. The average molecular weight is 340 g/mol. The highest BCUT2D eigenvalue weighted by atomic mass is 19.4. The Kier molecular flexibility index (Phi) is 7.60. The molecule has 0 radical (unpaired) electrons. The highest BCUT2D eigenvalue weighted by Gasteiger charge is 2.33. The van der Waals surface area contributed by atoms with E-state index in [1.807, 2.05) is 0 Å². The van der Waals surface area contributed by atoms with E-state index in [-0.39, 0.29) is 12.6 Å². The van der Waals surface area contributed by atoms with Gasteiger partial charge >= 0.3 is 12.3 Å². The summed E-state index contributed by atoms with van der Waals surface area (Å²) in [6.07, 6.45) is -3.30. The number of amides is 1. The summed E-state index contributed by atoms with van der Waals surface area (Å²) in [5.74, 6) is 0. The van der Waals surface area contributed by atoms with Crippen LogP contribution in [0.2, 0.25) is 0 Å². The lowest BCUT2D eigenvalue weighted by molar-refractivity contribution is -0.139. The molecule has 1 aliphatic heterocycles. The third kappa shape index (κ3) is 10.4. The van der Waals surface area contributed by atoms with Gasteiger partial charge in [-0.05, 0) is 40.0 Å². The molecule has 0 aromatic carbocycles. The van der Waals surface area contributed by atoms with Crippen LogP contribution in [0.15, 0.2) is 0 Å². The fraction of sp³-hybridized carbons (Fsp3) is 0.933. The Hall–Kier alpha value is -1.02. The van der Waals surface area contributed by atoms with Gasteiger partial charge in [-0.2, -0.15) is 13.2 Å². The molecular formula is C15H27F3N2O3. The van der Waals surface area contributed by atoms with E-state index in [0.717, 1.165) is 19.3 Å². The lowest BCUT2D eigenvalue weighted by Crippen LogP contribution is -2.47. The first-order valence-corrected chi connectivity index (χ1v) is 7.94. The SMILES string of the molecule is CC(C)(C)OC(=O)NC(CNCC1CCCCO1)CC(F)(F)F. The summed E-state index contributed by atoms with van der Waals surface area (Å²) >= 11 is 0. The minimum Gasteiger partial charge on any atom is -0.444 e. The molecule has 1 amide bonds. The molecule has 5 nitrogen and oxygen atoms in total. The van der Waals surface area contributed by atoms with E-state index in [1.54, 1.807) is 20.8 Å². The molecule has 0 aromatic rings. The normalized spacial score (nSPS) is 20.9.